The van der Waals surface area contributed by atoms with Crippen LogP contribution in [0.2, 0.25) is 15.1 Å². The quantitative estimate of drug-likeness (QED) is 0.318. The van der Waals surface area contributed by atoms with E-state index in [2.05, 4.69) is 10.3 Å². The van der Waals surface area contributed by atoms with Crippen molar-refractivity contribution >= 4 is 57.5 Å². The van der Waals surface area contributed by atoms with Gasteiger partial charge in [-0.1, -0.05) is 34.8 Å². The number of rotatable bonds is 4. The summed E-state index contributed by atoms with van der Waals surface area (Å²) in [6.07, 6.45) is 0. The molecule has 10 heteroatoms. The van der Waals surface area contributed by atoms with Gasteiger partial charge in [0, 0.05) is 10.7 Å². The molecule has 1 heterocycles. The Morgan fingerprint density at radius 1 is 1.03 bits per heavy atom. The predicted molar refractivity (Wildman–Crippen MR) is 115 cm³/mol. The first kappa shape index (κ1) is 21.4. The topological polar surface area (TPSA) is 64.4 Å². The first-order valence-electron chi connectivity index (χ1n) is 8.66. The van der Waals surface area contributed by atoms with Gasteiger partial charge in [0.15, 0.2) is 17.2 Å². The summed E-state index contributed by atoms with van der Waals surface area (Å²) in [6.45, 7) is 0. The van der Waals surface area contributed by atoms with Crippen LogP contribution in [-0.4, -0.2) is 18.0 Å². The van der Waals surface area contributed by atoms with Crippen LogP contribution in [0.25, 0.3) is 22.6 Å². The van der Waals surface area contributed by atoms with E-state index in [0.29, 0.717) is 16.8 Å². The number of aromatic nitrogens is 1. The predicted octanol–water partition coefficient (Wildman–Crippen LogP) is 6.99. The fourth-order valence-electron chi connectivity index (χ4n) is 2.94. The number of carbonyl (C=O) groups excluding carboxylic acids is 1. The molecule has 31 heavy (non-hydrogen) atoms. The van der Waals surface area contributed by atoms with Crippen LogP contribution in [0.1, 0.15) is 10.4 Å². The normalized spacial score (nSPS) is 11.0. The molecule has 4 rings (SSSR count). The second kappa shape index (κ2) is 8.34. The van der Waals surface area contributed by atoms with Crippen molar-refractivity contribution in [3.05, 3.63) is 74.7 Å². The number of nitrogens with zero attached hydrogens (tertiary/aromatic N) is 1. The molecule has 0 unspecified atom stereocenters. The summed E-state index contributed by atoms with van der Waals surface area (Å²) in [4.78, 5) is 17.0. The molecule has 0 saturated carbocycles. The summed E-state index contributed by atoms with van der Waals surface area (Å²) in [5.41, 5.74) is 1.36. The minimum Gasteiger partial charge on any atom is -0.494 e. The first-order chi connectivity index (χ1) is 14.8. The van der Waals surface area contributed by atoms with E-state index in [4.69, 9.17) is 44.0 Å². The van der Waals surface area contributed by atoms with Gasteiger partial charge < -0.3 is 14.5 Å². The summed E-state index contributed by atoms with van der Waals surface area (Å²) >= 11 is 18.1. The molecule has 0 fully saturated rings. The van der Waals surface area contributed by atoms with Crippen molar-refractivity contribution in [2.75, 3.05) is 12.4 Å². The van der Waals surface area contributed by atoms with Crippen LogP contribution in [0.15, 0.2) is 46.9 Å². The van der Waals surface area contributed by atoms with Gasteiger partial charge in [0.2, 0.25) is 5.89 Å². The minimum absolute atomic E-state index is 0.00525. The maximum absolute atomic E-state index is 13.6. The van der Waals surface area contributed by atoms with Crippen molar-refractivity contribution in [1.29, 1.82) is 0 Å². The number of benzene rings is 3. The Morgan fingerprint density at radius 3 is 2.52 bits per heavy atom. The standard InChI is InChI=1S/C21H11Cl3F2N2O3/c1-30-19-12(4-9(22)5-14(19)24)20(29)27-10-2-3-18-17(6-10)28-21(31-18)11-7-15(25)16(26)8-13(11)23/h2-8H,1H3,(H,27,29). The Balaban J connectivity index is 1.67. The number of anilines is 1. The lowest BCUT2D eigenvalue weighted by Gasteiger charge is -2.11. The van der Waals surface area contributed by atoms with E-state index in [1.54, 1.807) is 18.2 Å². The second-order valence-electron chi connectivity index (χ2n) is 6.37. The highest BCUT2D eigenvalue weighted by molar-refractivity contribution is 6.36. The molecule has 158 valence electrons. The highest BCUT2D eigenvalue weighted by atomic mass is 35.5. The molecule has 0 radical (unpaired) electrons. The molecule has 0 aliphatic heterocycles. The summed E-state index contributed by atoms with van der Waals surface area (Å²) in [6, 6.07) is 9.34. The van der Waals surface area contributed by atoms with Gasteiger partial charge in [-0.2, -0.15) is 0 Å². The van der Waals surface area contributed by atoms with Crippen molar-refractivity contribution in [3.8, 4) is 17.2 Å². The van der Waals surface area contributed by atoms with Crippen LogP contribution in [0, 0.1) is 11.6 Å². The number of carbonyl (C=O) groups is 1. The molecular weight excluding hydrogens is 473 g/mol. The summed E-state index contributed by atoms with van der Waals surface area (Å²) in [7, 11) is 1.39. The molecule has 4 aromatic rings. The van der Waals surface area contributed by atoms with E-state index in [9.17, 15) is 13.6 Å². The van der Waals surface area contributed by atoms with Gasteiger partial charge >= 0.3 is 0 Å². The number of amides is 1. The van der Waals surface area contributed by atoms with Crippen LogP contribution in [-0.2, 0) is 0 Å². The lowest BCUT2D eigenvalue weighted by atomic mass is 10.1. The summed E-state index contributed by atoms with van der Waals surface area (Å²) < 4.78 is 37.7. The number of oxazole rings is 1. The first-order valence-corrected chi connectivity index (χ1v) is 9.80. The lowest BCUT2D eigenvalue weighted by molar-refractivity contribution is 0.102. The Kier molecular flexibility index (Phi) is 5.75. The van der Waals surface area contributed by atoms with Gasteiger partial charge in [0.1, 0.15) is 11.3 Å². The molecule has 0 atom stereocenters. The van der Waals surface area contributed by atoms with Crippen LogP contribution in [0.3, 0.4) is 0 Å². The molecular formula is C21H11Cl3F2N2O3. The summed E-state index contributed by atoms with van der Waals surface area (Å²) in [5, 5.41) is 3.12. The Morgan fingerprint density at radius 2 is 1.77 bits per heavy atom. The van der Waals surface area contributed by atoms with E-state index >= 15 is 0 Å². The summed E-state index contributed by atoms with van der Waals surface area (Å²) in [5.74, 6) is -2.48. The molecule has 3 aromatic carbocycles. The zero-order valence-corrected chi connectivity index (χ0v) is 17.9. The fraction of sp³-hybridized carbons (Fsp3) is 0.0476. The Labute approximate surface area is 189 Å². The van der Waals surface area contributed by atoms with Gasteiger partial charge in [-0.05, 0) is 42.5 Å². The molecule has 0 aliphatic carbocycles. The molecule has 0 spiro atoms. The number of ether oxygens (including phenoxy) is 1. The fourth-order valence-corrected chi connectivity index (χ4v) is 3.74. The average Bonchev–Trinajstić information content (AvgIpc) is 3.13. The zero-order chi connectivity index (χ0) is 22.3. The molecule has 0 aliphatic rings. The van der Waals surface area contributed by atoms with Gasteiger partial charge in [-0.15, -0.1) is 0 Å². The number of nitrogens with one attached hydrogen (secondary N) is 1. The number of fused-ring (bicyclic) bond motifs is 1. The van der Waals surface area contributed by atoms with Crippen LogP contribution < -0.4 is 10.1 Å². The number of halogens is 5. The van der Waals surface area contributed by atoms with Crippen molar-refractivity contribution in [2.24, 2.45) is 0 Å². The van der Waals surface area contributed by atoms with Crippen molar-refractivity contribution in [2.45, 2.75) is 0 Å². The third kappa shape index (κ3) is 4.17. The third-order valence-corrected chi connectivity index (χ3v) is 5.15. The smallest absolute Gasteiger partial charge is 0.259 e. The second-order valence-corrected chi connectivity index (χ2v) is 7.62. The maximum atomic E-state index is 13.6. The molecule has 0 saturated heterocycles. The van der Waals surface area contributed by atoms with E-state index in [-0.39, 0.29) is 37.8 Å². The molecule has 1 aromatic heterocycles. The average molecular weight is 484 g/mol. The lowest BCUT2D eigenvalue weighted by Crippen LogP contribution is -2.13. The molecule has 5 nitrogen and oxygen atoms in total. The Hall–Kier alpha value is -2.87. The van der Waals surface area contributed by atoms with E-state index in [1.165, 1.54) is 19.2 Å². The van der Waals surface area contributed by atoms with Gasteiger partial charge in [0.05, 0.1) is 28.3 Å². The largest absolute Gasteiger partial charge is 0.494 e. The third-order valence-electron chi connectivity index (χ3n) is 4.34. The van der Waals surface area contributed by atoms with Crippen LogP contribution >= 0.6 is 34.8 Å². The van der Waals surface area contributed by atoms with E-state index in [0.717, 1.165) is 12.1 Å². The Bertz CT molecular complexity index is 1340. The van der Waals surface area contributed by atoms with Crippen molar-refractivity contribution < 1.29 is 22.7 Å². The van der Waals surface area contributed by atoms with Crippen LogP contribution in [0.5, 0.6) is 5.75 Å². The van der Waals surface area contributed by atoms with Crippen LogP contribution in [0.4, 0.5) is 14.5 Å². The number of hydrogen-bond acceptors (Lipinski definition) is 4. The molecule has 0 bridgehead atoms. The molecule has 1 amide bonds. The molecule has 1 N–H and O–H groups in total. The zero-order valence-electron chi connectivity index (χ0n) is 15.6. The van der Waals surface area contributed by atoms with Gasteiger partial charge in [-0.25, -0.2) is 13.8 Å². The minimum atomic E-state index is -1.08. The monoisotopic (exact) mass is 482 g/mol. The number of methoxy groups -OCH3 is 1. The van der Waals surface area contributed by atoms with Crippen molar-refractivity contribution in [3.63, 3.8) is 0 Å². The highest BCUT2D eigenvalue weighted by Crippen LogP contribution is 2.34. The van der Waals surface area contributed by atoms with Crippen molar-refractivity contribution in [1.82, 2.24) is 4.98 Å². The van der Waals surface area contributed by atoms with E-state index < -0.39 is 17.5 Å². The number of hydrogen-bond donors (Lipinski definition) is 1. The van der Waals surface area contributed by atoms with Gasteiger partial charge in [0.25, 0.3) is 5.91 Å². The van der Waals surface area contributed by atoms with Gasteiger partial charge in [-0.3, -0.25) is 4.79 Å². The SMILES string of the molecule is COc1c(Cl)cc(Cl)cc1C(=O)Nc1ccc2oc(-c3cc(F)c(F)cc3Cl)nc2c1. The van der Waals surface area contributed by atoms with E-state index in [1.807, 2.05) is 0 Å². The maximum Gasteiger partial charge on any atom is 0.259 e. The highest BCUT2D eigenvalue weighted by Gasteiger charge is 2.19.